The number of rotatable bonds is 5. The first-order valence-electron chi connectivity index (χ1n) is 14.5. The van der Waals surface area contributed by atoms with Crippen molar-refractivity contribution in [3.8, 4) is 0 Å². The molecule has 0 radical (unpaired) electrons. The number of nitrogens with zero attached hydrogens (tertiary/aromatic N) is 5. The van der Waals surface area contributed by atoms with Gasteiger partial charge in [-0.2, -0.15) is 0 Å². The molecule has 2 aromatic heterocycles. The Morgan fingerprint density at radius 3 is 2.48 bits per heavy atom. The maximum Gasteiger partial charge on any atom is 0.274 e. The fraction of sp³-hybridized carbons (Fsp3) is 0.607. The predicted molar refractivity (Wildman–Crippen MR) is 153 cm³/mol. The summed E-state index contributed by atoms with van der Waals surface area (Å²) in [4.78, 5) is 69.0. The molecule has 14 nitrogen and oxygen atoms in total. The normalized spacial score (nSPS) is 23.2. The van der Waals surface area contributed by atoms with Gasteiger partial charge in [0.1, 0.15) is 23.9 Å². The van der Waals surface area contributed by atoms with Crippen molar-refractivity contribution in [2.75, 3.05) is 44.2 Å². The van der Waals surface area contributed by atoms with E-state index in [9.17, 15) is 19.2 Å². The molecule has 3 atom stereocenters. The van der Waals surface area contributed by atoms with Crippen LogP contribution in [-0.4, -0.2) is 94.8 Å². The lowest BCUT2D eigenvalue weighted by molar-refractivity contribution is -0.130. The van der Waals surface area contributed by atoms with Crippen molar-refractivity contribution in [2.45, 2.75) is 65.1 Å². The van der Waals surface area contributed by atoms with Crippen LogP contribution in [0.4, 0.5) is 5.95 Å². The quantitative estimate of drug-likeness (QED) is 0.383. The highest BCUT2D eigenvalue weighted by Crippen LogP contribution is 2.24. The molecule has 0 saturated carbocycles. The molecule has 14 heteroatoms. The summed E-state index contributed by atoms with van der Waals surface area (Å²) in [5, 5.41) is 11.4. The summed E-state index contributed by atoms with van der Waals surface area (Å²) in [5.74, 6) is -0.440. The first kappa shape index (κ1) is 30.9. The summed E-state index contributed by atoms with van der Waals surface area (Å²) >= 11 is 0. The Labute approximate surface area is 245 Å². The van der Waals surface area contributed by atoms with E-state index >= 15 is 0 Å². The fourth-order valence-electron chi connectivity index (χ4n) is 4.97. The monoisotopic (exact) mass is 583 g/mol. The molecule has 4 rings (SSSR count). The summed E-state index contributed by atoms with van der Waals surface area (Å²) in [5.41, 5.74) is 0.0559. The first-order valence-corrected chi connectivity index (χ1v) is 14.5. The van der Waals surface area contributed by atoms with Crippen LogP contribution in [0.25, 0.3) is 0 Å². The minimum atomic E-state index is -0.792. The zero-order valence-corrected chi connectivity index (χ0v) is 24.7. The average molecular weight is 584 g/mol. The Kier molecular flexibility index (Phi) is 10.4. The molecular formula is C28H41N9O5. The molecule has 0 spiro atoms. The lowest BCUT2D eigenvalue weighted by Crippen LogP contribution is -2.53. The van der Waals surface area contributed by atoms with Crippen LogP contribution in [0.5, 0.6) is 0 Å². The largest absolute Gasteiger partial charge is 0.443 e. The van der Waals surface area contributed by atoms with E-state index in [1.165, 1.54) is 0 Å². The second-order valence-electron chi connectivity index (χ2n) is 11.1. The van der Waals surface area contributed by atoms with Crippen molar-refractivity contribution in [2.24, 2.45) is 5.92 Å². The minimum Gasteiger partial charge on any atom is -0.443 e. The van der Waals surface area contributed by atoms with Gasteiger partial charge in [0.05, 0.1) is 6.54 Å². The number of amides is 4. The molecule has 4 heterocycles. The first-order chi connectivity index (χ1) is 20.1. The van der Waals surface area contributed by atoms with Crippen molar-refractivity contribution in [1.29, 1.82) is 0 Å². The van der Waals surface area contributed by atoms with E-state index in [1.807, 2.05) is 18.7 Å². The van der Waals surface area contributed by atoms with Crippen molar-refractivity contribution < 1.29 is 23.6 Å². The van der Waals surface area contributed by atoms with Crippen molar-refractivity contribution in [3.05, 3.63) is 35.8 Å². The summed E-state index contributed by atoms with van der Waals surface area (Å²) < 4.78 is 5.81. The molecule has 4 amide bonds. The summed E-state index contributed by atoms with van der Waals surface area (Å²) in [6.07, 6.45) is 4.99. The van der Waals surface area contributed by atoms with Crippen LogP contribution in [0, 0.1) is 12.8 Å². The molecule has 2 aromatic rings. The maximum atomic E-state index is 13.5. The van der Waals surface area contributed by atoms with Crippen LogP contribution < -0.4 is 26.2 Å². The van der Waals surface area contributed by atoms with Gasteiger partial charge in [0.15, 0.2) is 5.69 Å². The van der Waals surface area contributed by atoms with Gasteiger partial charge in [-0.3, -0.25) is 24.1 Å². The van der Waals surface area contributed by atoms with Crippen LogP contribution >= 0.6 is 0 Å². The molecule has 2 aliphatic heterocycles. The molecule has 2 bridgehead atoms. The third kappa shape index (κ3) is 8.02. The van der Waals surface area contributed by atoms with Gasteiger partial charge in [0.2, 0.25) is 29.6 Å². The number of hydrogen-bond donors (Lipinski definition) is 4. The number of aryl methyl sites for hydroxylation is 1. The van der Waals surface area contributed by atoms with Gasteiger partial charge >= 0.3 is 0 Å². The number of carbonyl (C=O) groups excluding carboxylic acids is 4. The second kappa shape index (κ2) is 14.2. The van der Waals surface area contributed by atoms with Crippen LogP contribution in [0.2, 0.25) is 0 Å². The number of carbonyl (C=O) groups is 4. The smallest absolute Gasteiger partial charge is 0.274 e. The second-order valence-corrected chi connectivity index (χ2v) is 11.1. The van der Waals surface area contributed by atoms with Gasteiger partial charge in [-0.15, -0.1) is 0 Å². The van der Waals surface area contributed by atoms with E-state index in [0.29, 0.717) is 57.9 Å². The van der Waals surface area contributed by atoms with Gasteiger partial charge in [0.25, 0.3) is 5.91 Å². The van der Waals surface area contributed by atoms with Crippen LogP contribution in [0.15, 0.2) is 22.9 Å². The van der Waals surface area contributed by atoms with E-state index in [0.717, 1.165) is 0 Å². The van der Waals surface area contributed by atoms with Crippen molar-refractivity contribution in [1.82, 2.24) is 41.1 Å². The molecule has 0 aromatic carbocycles. The Morgan fingerprint density at radius 1 is 1.07 bits per heavy atom. The molecule has 4 N–H and O–H groups in total. The fourth-order valence-corrected chi connectivity index (χ4v) is 4.97. The number of anilines is 1. The molecule has 42 heavy (non-hydrogen) atoms. The number of aromatic nitrogens is 3. The van der Waals surface area contributed by atoms with Crippen molar-refractivity contribution >= 4 is 29.6 Å². The van der Waals surface area contributed by atoms with Crippen LogP contribution in [-0.2, 0) is 14.4 Å². The zero-order chi connectivity index (χ0) is 30.2. The minimum absolute atomic E-state index is 0.0559. The predicted octanol–water partition coefficient (Wildman–Crippen LogP) is 0.312. The SMILES string of the molecule is Cc1oc2nc1C(=O)N[C@H](C)C(=O)NCCCC[C@H](NC(=O)CN1CCN(c3ncccn3)CC1)C(=O)N[C@H]2C(C)C. The lowest BCUT2D eigenvalue weighted by Gasteiger charge is -2.34. The number of fused-ring (bicyclic) bond motifs is 2. The standard InChI is InChI=1S/C28H41N9O5/c1-17(2)22-27-35-23(19(4)42-27)26(41)32-18(3)24(39)29-9-6-5-8-20(25(40)34-22)33-21(38)16-36-12-14-37(15-13-36)28-30-10-7-11-31-28/h7,10-11,17-18,20,22H,5-6,8-9,12-16H2,1-4H3,(H,29,39)(H,32,41)(H,33,38)(H,34,40)/t18-,20+,22+/m1/s1. The lowest BCUT2D eigenvalue weighted by atomic mass is 10.0. The van der Waals surface area contributed by atoms with Gasteiger partial charge in [-0.25, -0.2) is 15.0 Å². The highest BCUT2D eigenvalue weighted by molar-refractivity contribution is 5.96. The third-order valence-electron chi connectivity index (χ3n) is 7.44. The van der Waals surface area contributed by atoms with Crippen LogP contribution in [0.3, 0.4) is 0 Å². The van der Waals surface area contributed by atoms with Gasteiger partial charge in [-0.05, 0) is 45.1 Å². The van der Waals surface area contributed by atoms with Crippen molar-refractivity contribution in [3.63, 3.8) is 0 Å². The van der Waals surface area contributed by atoms with E-state index in [-0.39, 0.29) is 47.5 Å². The van der Waals surface area contributed by atoms with E-state index < -0.39 is 24.0 Å². The molecule has 0 aliphatic carbocycles. The number of nitrogens with one attached hydrogen (secondary N) is 4. The van der Waals surface area contributed by atoms with Gasteiger partial charge < -0.3 is 30.6 Å². The number of hydrogen-bond acceptors (Lipinski definition) is 10. The summed E-state index contributed by atoms with van der Waals surface area (Å²) in [6, 6.07) is -0.409. The van der Waals surface area contributed by atoms with E-state index in [4.69, 9.17) is 4.42 Å². The summed E-state index contributed by atoms with van der Waals surface area (Å²) in [6.45, 7) is 10.3. The van der Waals surface area contributed by atoms with Gasteiger partial charge in [0, 0.05) is 45.1 Å². The zero-order valence-electron chi connectivity index (χ0n) is 24.7. The highest BCUT2D eigenvalue weighted by atomic mass is 16.4. The van der Waals surface area contributed by atoms with Gasteiger partial charge in [-0.1, -0.05) is 13.8 Å². The van der Waals surface area contributed by atoms with E-state index in [1.54, 1.807) is 32.3 Å². The third-order valence-corrected chi connectivity index (χ3v) is 7.44. The molecule has 1 saturated heterocycles. The van der Waals surface area contributed by atoms with Crippen LogP contribution in [0.1, 0.15) is 68.2 Å². The van der Waals surface area contributed by atoms with E-state index in [2.05, 4.69) is 41.1 Å². The highest BCUT2D eigenvalue weighted by Gasteiger charge is 2.31. The Hall–Kier alpha value is -4.07. The Bertz CT molecular complexity index is 1240. The molecule has 1 fully saturated rings. The molecular weight excluding hydrogens is 542 g/mol. The maximum absolute atomic E-state index is 13.5. The Morgan fingerprint density at radius 2 is 1.79 bits per heavy atom. The molecule has 2 aliphatic rings. The average Bonchev–Trinajstić information content (AvgIpc) is 3.36. The number of piperazine rings is 1. The Balaban J connectivity index is 1.44. The molecule has 0 unspecified atom stereocenters. The molecule has 228 valence electrons. The summed E-state index contributed by atoms with van der Waals surface area (Å²) in [7, 11) is 0. The topological polar surface area (TPSA) is 175 Å². The number of oxazole rings is 1.